The monoisotopic (exact) mass is 320 g/mol. The van der Waals surface area contributed by atoms with Gasteiger partial charge in [-0.05, 0) is 28.1 Å². The van der Waals surface area contributed by atoms with Gasteiger partial charge in [-0.25, -0.2) is 8.78 Å². The fourth-order valence-corrected chi connectivity index (χ4v) is 2.08. The molecule has 0 spiro atoms. The van der Waals surface area contributed by atoms with E-state index in [2.05, 4.69) is 15.9 Å². The van der Waals surface area contributed by atoms with Gasteiger partial charge in [0, 0.05) is 12.0 Å². The minimum absolute atomic E-state index is 0.00535. The molecule has 0 aliphatic carbocycles. The van der Waals surface area contributed by atoms with Crippen LogP contribution in [0, 0.1) is 11.6 Å². The minimum atomic E-state index is -0.739. The number of carbonyl (C=O) groups is 1. The lowest BCUT2D eigenvalue weighted by molar-refractivity contribution is -0.126. The predicted molar refractivity (Wildman–Crippen MR) is 63.1 cm³/mol. The maximum atomic E-state index is 13.6. The molecule has 98 valence electrons. The molecule has 1 fully saturated rings. The van der Waals surface area contributed by atoms with Crippen LogP contribution in [-0.2, 0) is 20.7 Å². The van der Waals surface area contributed by atoms with Gasteiger partial charge in [-0.3, -0.25) is 4.79 Å². The zero-order chi connectivity index (χ0) is 13.1. The maximum Gasteiger partial charge on any atom is 0.164 e. The van der Waals surface area contributed by atoms with Gasteiger partial charge < -0.3 is 9.47 Å². The van der Waals surface area contributed by atoms with Crippen LogP contribution in [-0.4, -0.2) is 25.3 Å². The van der Waals surface area contributed by atoms with Crippen LogP contribution in [0.4, 0.5) is 8.78 Å². The largest absolute Gasteiger partial charge is 0.350 e. The van der Waals surface area contributed by atoms with Crippen LogP contribution < -0.4 is 0 Å². The van der Waals surface area contributed by atoms with Crippen molar-refractivity contribution >= 4 is 21.7 Å². The highest BCUT2D eigenvalue weighted by molar-refractivity contribution is 9.10. The number of benzene rings is 1. The van der Waals surface area contributed by atoms with Gasteiger partial charge in [-0.1, -0.05) is 0 Å². The number of rotatable bonds is 4. The second-order valence-electron chi connectivity index (χ2n) is 3.91. The molecule has 1 aromatic carbocycles. The summed E-state index contributed by atoms with van der Waals surface area (Å²) in [6.07, 6.45) is -0.887. The van der Waals surface area contributed by atoms with E-state index in [1.807, 2.05) is 0 Å². The van der Waals surface area contributed by atoms with Crippen molar-refractivity contribution in [3.8, 4) is 0 Å². The van der Waals surface area contributed by atoms with Crippen molar-refractivity contribution in [2.45, 2.75) is 19.1 Å². The van der Waals surface area contributed by atoms with E-state index in [-0.39, 0.29) is 28.7 Å². The lowest BCUT2D eigenvalue weighted by Gasteiger charge is -2.09. The molecule has 3 nitrogen and oxygen atoms in total. The Morgan fingerprint density at radius 3 is 2.67 bits per heavy atom. The van der Waals surface area contributed by atoms with Crippen molar-refractivity contribution in [3.63, 3.8) is 0 Å². The molecular weight excluding hydrogens is 310 g/mol. The summed E-state index contributed by atoms with van der Waals surface area (Å²) in [5, 5.41) is 0. The number of halogens is 3. The average Bonchev–Trinajstić information content (AvgIpc) is 2.82. The smallest absolute Gasteiger partial charge is 0.164 e. The molecule has 0 amide bonds. The number of ketones is 1. The molecule has 0 radical (unpaired) electrons. The first-order valence-corrected chi connectivity index (χ1v) is 6.24. The van der Waals surface area contributed by atoms with E-state index in [0.29, 0.717) is 13.2 Å². The van der Waals surface area contributed by atoms with Crippen LogP contribution in [0.2, 0.25) is 0 Å². The molecule has 2 rings (SSSR count). The summed E-state index contributed by atoms with van der Waals surface area (Å²) in [5.41, 5.74) is -0.229. The first-order chi connectivity index (χ1) is 8.58. The van der Waals surface area contributed by atoms with E-state index in [1.54, 1.807) is 0 Å². The second-order valence-corrected chi connectivity index (χ2v) is 4.77. The van der Waals surface area contributed by atoms with E-state index in [0.717, 1.165) is 6.07 Å². The van der Waals surface area contributed by atoms with Gasteiger partial charge in [0.2, 0.25) is 0 Å². The van der Waals surface area contributed by atoms with E-state index < -0.39 is 17.9 Å². The summed E-state index contributed by atoms with van der Waals surface area (Å²) in [6.45, 7) is 0.884. The molecule has 1 heterocycles. The molecule has 1 aliphatic rings. The van der Waals surface area contributed by atoms with Crippen LogP contribution in [0.25, 0.3) is 0 Å². The standard InChI is InChI=1S/C12H11BrF2O3/c13-9-1-2-10(14)8(12(9)15)5-7(16)6-11-17-3-4-18-11/h1-2,11H,3-6H2. The quantitative estimate of drug-likeness (QED) is 0.800. The summed E-state index contributed by atoms with van der Waals surface area (Å²) in [7, 11) is 0. The van der Waals surface area contributed by atoms with Gasteiger partial charge in [0.1, 0.15) is 17.4 Å². The summed E-state index contributed by atoms with van der Waals surface area (Å²) in [5.74, 6) is -1.79. The third-order valence-corrected chi connectivity index (χ3v) is 3.21. The second kappa shape index (κ2) is 5.86. The third kappa shape index (κ3) is 3.13. The van der Waals surface area contributed by atoms with Gasteiger partial charge in [-0.2, -0.15) is 0 Å². The topological polar surface area (TPSA) is 35.5 Å². The van der Waals surface area contributed by atoms with Gasteiger partial charge in [0.05, 0.1) is 24.1 Å². The Labute approximate surface area is 111 Å². The number of hydrogen-bond donors (Lipinski definition) is 0. The van der Waals surface area contributed by atoms with E-state index in [1.165, 1.54) is 6.07 Å². The molecule has 1 aromatic rings. The normalized spacial score (nSPS) is 16.2. The number of ether oxygens (including phenoxy) is 2. The zero-order valence-corrected chi connectivity index (χ0v) is 11.0. The first kappa shape index (κ1) is 13.6. The highest BCUT2D eigenvalue weighted by Crippen LogP contribution is 2.23. The SMILES string of the molecule is O=C(Cc1c(F)ccc(Br)c1F)CC1OCCO1. The molecule has 0 atom stereocenters. The minimum Gasteiger partial charge on any atom is -0.350 e. The Morgan fingerprint density at radius 2 is 2.00 bits per heavy atom. The van der Waals surface area contributed by atoms with E-state index in [4.69, 9.17) is 9.47 Å². The highest BCUT2D eigenvalue weighted by Gasteiger charge is 2.22. The first-order valence-electron chi connectivity index (χ1n) is 5.45. The van der Waals surface area contributed by atoms with Gasteiger partial charge in [0.15, 0.2) is 6.29 Å². The van der Waals surface area contributed by atoms with Crippen LogP contribution in [0.5, 0.6) is 0 Å². The summed E-state index contributed by atoms with van der Waals surface area (Å²) in [6, 6.07) is 2.39. The summed E-state index contributed by atoms with van der Waals surface area (Å²) >= 11 is 2.96. The maximum absolute atomic E-state index is 13.6. The number of Topliss-reactive ketones (excluding diaryl/α,β-unsaturated/α-hetero) is 1. The van der Waals surface area contributed by atoms with Gasteiger partial charge >= 0.3 is 0 Å². The molecule has 0 saturated carbocycles. The molecule has 0 bridgehead atoms. The van der Waals surface area contributed by atoms with Gasteiger partial charge in [0.25, 0.3) is 0 Å². The molecular formula is C12H11BrF2O3. The van der Waals surface area contributed by atoms with Crippen LogP contribution >= 0.6 is 15.9 Å². The molecule has 0 aromatic heterocycles. The summed E-state index contributed by atoms with van der Waals surface area (Å²) < 4.78 is 37.4. The molecule has 0 N–H and O–H groups in total. The molecule has 1 aliphatic heterocycles. The molecule has 6 heteroatoms. The Kier molecular flexibility index (Phi) is 4.42. The van der Waals surface area contributed by atoms with Crippen LogP contribution in [0.1, 0.15) is 12.0 Å². The van der Waals surface area contributed by atoms with Crippen LogP contribution in [0.15, 0.2) is 16.6 Å². The average molecular weight is 321 g/mol. The van der Waals surface area contributed by atoms with E-state index >= 15 is 0 Å². The predicted octanol–water partition coefficient (Wildman–Crippen LogP) is 2.60. The van der Waals surface area contributed by atoms with Crippen molar-refractivity contribution < 1.29 is 23.0 Å². The Morgan fingerprint density at radius 1 is 1.33 bits per heavy atom. The van der Waals surface area contributed by atoms with Crippen molar-refractivity contribution in [2.75, 3.05) is 13.2 Å². The fourth-order valence-electron chi connectivity index (χ4n) is 1.71. The van der Waals surface area contributed by atoms with Crippen molar-refractivity contribution in [3.05, 3.63) is 33.8 Å². The molecule has 1 saturated heterocycles. The number of carbonyl (C=O) groups excluding carboxylic acids is 1. The lowest BCUT2D eigenvalue weighted by Crippen LogP contribution is -2.17. The number of hydrogen-bond acceptors (Lipinski definition) is 3. The van der Waals surface area contributed by atoms with Crippen molar-refractivity contribution in [1.29, 1.82) is 0 Å². The lowest BCUT2D eigenvalue weighted by atomic mass is 10.1. The zero-order valence-electron chi connectivity index (χ0n) is 9.42. The third-order valence-electron chi connectivity index (χ3n) is 2.60. The summed E-state index contributed by atoms with van der Waals surface area (Å²) in [4.78, 5) is 11.7. The Bertz CT molecular complexity index is 459. The van der Waals surface area contributed by atoms with Crippen molar-refractivity contribution in [1.82, 2.24) is 0 Å². The van der Waals surface area contributed by atoms with E-state index in [9.17, 15) is 13.6 Å². The Balaban J connectivity index is 2.04. The molecule has 0 unspecified atom stereocenters. The highest BCUT2D eigenvalue weighted by atomic mass is 79.9. The van der Waals surface area contributed by atoms with Crippen LogP contribution in [0.3, 0.4) is 0 Å². The fraction of sp³-hybridized carbons (Fsp3) is 0.417. The van der Waals surface area contributed by atoms with Crippen molar-refractivity contribution in [2.24, 2.45) is 0 Å². The molecule has 18 heavy (non-hydrogen) atoms. The van der Waals surface area contributed by atoms with Gasteiger partial charge in [-0.15, -0.1) is 0 Å². The Hall–Kier alpha value is -0.850.